The van der Waals surface area contributed by atoms with Gasteiger partial charge in [0.1, 0.15) is 0 Å². The number of carbonyl (C=O) groups excluding carboxylic acids is 1. The minimum Gasteiger partial charge on any atom is -0.450 e. The Kier molecular flexibility index (Phi) is 8.75. The molecule has 1 aromatic carbocycles. The maximum absolute atomic E-state index is 12.1. The highest BCUT2D eigenvalue weighted by Gasteiger charge is 2.33. The normalized spacial score (nSPS) is 19.9. The zero-order valence-corrected chi connectivity index (χ0v) is 22.7. The van der Waals surface area contributed by atoms with Gasteiger partial charge >= 0.3 is 6.09 Å². The number of ether oxygens (including phenoxy) is 1. The van der Waals surface area contributed by atoms with E-state index in [0.717, 1.165) is 40.2 Å². The predicted molar refractivity (Wildman–Crippen MR) is 140 cm³/mol. The van der Waals surface area contributed by atoms with Gasteiger partial charge in [-0.3, -0.25) is 0 Å². The number of hydrogen-bond acceptors (Lipinski definition) is 4. The van der Waals surface area contributed by atoms with Crippen molar-refractivity contribution in [2.75, 3.05) is 25.4 Å². The lowest BCUT2D eigenvalue weighted by atomic mass is 9.84. The number of aryl methyl sites for hydroxylation is 1. The number of anilines is 1. The highest BCUT2D eigenvalue weighted by molar-refractivity contribution is 9.12. The van der Waals surface area contributed by atoms with Gasteiger partial charge in [0.05, 0.1) is 23.4 Å². The van der Waals surface area contributed by atoms with Crippen molar-refractivity contribution in [3.8, 4) is 0 Å². The topological polar surface area (TPSA) is 67.6 Å². The van der Waals surface area contributed by atoms with Gasteiger partial charge in [0, 0.05) is 28.2 Å². The van der Waals surface area contributed by atoms with E-state index in [-0.39, 0.29) is 12.1 Å². The molecular weight excluding hydrogens is 558 g/mol. The first-order chi connectivity index (χ1) is 15.4. The predicted octanol–water partition coefficient (Wildman–Crippen LogP) is 6.80. The van der Waals surface area contributed by atoms with E-state index in [4.69, 9.17) is 22.1 Å². The number of rotatable bonds is 1. The maximum Gasteiger partial charge on any atom is 0.409 e. The van der Waals surface area contributed by atoms with Crippen LogP contribution in [-0.4, -0.2) is 36.7 Å². The smallest absolute Gasteiger partial charge is 0.409 e. The highest BCUT2D eigenvalue weighted by atomic mass is 79.9. The molecule has 32 heavy (non-hydrogen) atoms. The molecule has 5 nitrogen and oxygen atoms in total. The number of fused-ring (bicyclic) bond motifs is 2. The lowest BCUT2D eigenvalue weighted by molar-refractivity contribution is 0.104. The van der Waals surface area contributed by atoms with E-state index >= 15 is 0 Å². The Morgan fingerprint density at radius 1 is 1.25 bits per heavy atom. The standard InChI is InChI=1S/C22H24Br2ClN3O2.C2H6/c1-2-30-22(29)28-7-5-12(6-8-28)18-17-13(10-16(25)20(26)19(17)24)3-4-14-9-15(23)11-27-21(14)18;1-2/h9-11,21,27H,2-8,26H2,1H3;1-2H3. The summed E-state index contributed by atoms with van der Waals surface area (Å²) in [5.41, 5.74) is 13.1. The highest BCUT2D eigenvalue weighted by Crippen LogP contribution is 2.46. The quantitative estimate of drug-likeness (QED) is 0.355. The second-order valence-electron chi connectivity index (χ2n) is 7.67. The van der Waals surface area contributed by atoms with Crippen molar-refractivity contribution in [2.45, 2.75) is 52.5 Å². The number of halogens is 3. The molecule has 0 bridgehead atoms. The van der Waals surface area contributed by atoms with Gasteiger partial charge in [0.25, 0.3) is 0 Å². The maximum atomic E-state index is 12.1. The van der Waals surface area contributed by atoms with Gasteiger partial charge in [-0.15, -0.1) is 0 Å². The van der Waals surface area contributed by atoms with Crippen LogP contribution in [-0.2, 0) is 11.2 Å². The van der Waals surface area contributed by atoms with E-state index in [2.05, 4.69) is 43.3 Å². The first-order valence-corrected chi connectivity index (χ1v) is 13.1. The number of piperidine rings is 1. The molecule has 1 aliphatic carbocycles. The number of nitrogens with one attached hydrogen (secondary N) is 1. The summed E-state index contributed by atoms with van der Waals surface area (Å²) in [6, 6.07) is 2.08. The van der Waals surface area contributed by atoms with Gasteiger partial charge in [-0.05, 0) is 98.9 Å². The van der Waals surface area contributed by atoms with Gasteiger partial charge in [0.15, 0.2) is 0 Å². The van der Waals surface area contributed by atoms with Crippen LogP contribution in [0.15, 0.2) is 38.4 Å². The van der Waals surface area contributed by atoms with Crippen LogP contribution in [0.1, 0.15) is 51.2 Å². The van der Waals surface area contributed by atoms with Crippen molar-refractivity contribution in [2.24, 2.45) is 0 Å². The number of benzene rings is 1. The molecule has 0 radical (unpaired) electrons. The molecule has 1 amide bonds. The fraction of sp³-hybridized carbons (Fsp3) is 0.458. The van der Waals surface area contributed by atoms with Crippen molar-refractivity contribution < 1.29 is 9.53 Å². The minimum absolute atomic E-state index is 0.0774. The molecule has 174 valence electrons. The summed E-state index contributed by atoms with van der Waals surface area (Å²) in [7, 11) is 0. The summed E-state index contributed by atoms with van der Waals surface area (Å²) in [6.45, 7) is 7.53. The Balaban J connectivity index is 0.00000141. The molecule has 0 aromatic heterocycles. The number of allylic oxidation sites excluding steroid dienone is 2. The summed E-state index contributed by atoms with van der Waals surface area (Å²) < 4.78 is 7.08. The molecule has 2 heterocycles. The molecule has 8 heteroatoms. The van der Waals surface area contributed by atoms with Crippen LogP contribution < -0.4 is 11.1 Å². The third-order valence-electron chi connectivity index (χ3n) is 5.93. The van der Waals surface area contributed by atoms with Crippen molar-refractivity contribution in [1.29, 1.82) is 0 Å². The Morgan fingerprint density at radius 3 is 2.59 bits per heavy atom. The SMILES string of the molecule is CC.CCOC(=O)N1CCC(=C2c3c(cc(Cl)c(N)c3Br)CCC3=CC(Br)=CNC32)CC1. The van der Waals surface area contributed by atoms with Crippen LogP contribution in [0.5, 0.6) is 0 Å². The molecule has 0 saturated carbocycles. The molecule has 1 aromatic rings. The van der Waals surface area contributed by atoms with Crippen molar-refractivity contribution >= 4 is 60.8 Å². The number of hydrogen-bond donors (Lipinski definition) is 2. The van der Waals surface area contributed by atoms with Crippen LogP contribution in [0, 0.1) is 0 Å². The average Bonchev–Trinajstić information content (AvgIpc) is 2.96. The minimum atomic E-state index is -0.233. The fourth-order valence-electron chi connectivity index (χ4n) is 4.48. The van der Waals surface area contributed by atoms with Crippen molar-refractivity contribution in [3.63, 3.8) is 0 Å². The average molecular weight is 588 g/mol. The van der Waals surface area contributed by atoms with Gasteiger partial charge in [-0.25, -0.2) is 4.79 Å². The molecule has 0 spiro atoms. The van der Waals surface area contributed by atoms with Crippen LogP contribution in [0.2, 0.25) is 5.02 Å². The Morgan fingerprint density at radius 2 is 1.94 bits per heavy atom. The van der Waals surface area contributed by atoms with Crippen LogP contribution in [0.25, 0.3) is 5.57 Å². The summed E-state index contributed by atoms with van der Waals surface area (Å²) in [4.78, 5) is 13.9. The first-order valence-electron chi connectivity index (χ1n) is 11.1. The fourth-order valence-corrected chi connectivity index (χ4v) is 5.92. The number of nitrogen functional groups attached to an aromatic ring is 1. The summed E-state index contributed by atoms with van der Waals surface area (Å²) in [5.74, 6) is 0. The van der Waals surface area contributed by atoms with Crippen molar-refractivity contribution in [3.05, 3.63) is 54.6 Å². The second-order valence-corrected chi connectivity index (χ2v) is 9.79. The number of carbonyl (C=O) groups is 1. The van der Waals surface area contributed by atoms with E-state index in [9.17, 15) is 4.79 Å². The zero-order chi connectivity index (χ0) is 23.4. The number of nitrogens with zero attached hydrogens (tertiary/aromatic N) is 1. The van der Waals surface area contributed by atoms with E-state index in [1.165, 1.54) is 22.3 Å². The molecule has 3 aliphatic rings. The molecule has 2 aliphatic heterocycles. The third kappa shape index (κ3) is 5.05. The second kappa shape index (κ2) is 11.1. The molecule has 1 unspecified atom stereocenters. The number of dihydropyridines is 1. The molecular formula is C24H30Br2ClN3O2. The van der Waals surface area contributed by atoms with Gasteiger partial charge in [0.2, 0.25) is 0 Å². The summed E-state index contributed by atoms with van der Waals surface area (Å²) in [6.07, 6.45) is 7.41. The Bertz CT molecular complexity index is 978. The van der Waals surface area contributed by atoms with E-state index < -0.39 is 0 Å². The molecule has 4 rings (SSSR count). The zero-order valence-electron chi connectivity index (χ0n) is 18.7. The largest absolute Gasteiger partial charge is 0.450 e. The van der Waals surface area contributed by atoms with E-state index in [1.54, 1.807) is 4.90 Å². The van der Waals surface area contributed by atoms with E-state index in [1.807, 2.05) is 33.0 Å². The lowest BCUT2D eigenvalue weighted by Gasteiger charge is -2.33. The Hall–Kier alpha value is -1.44. The summed E-state index contributed by atoms with van der Waals surface area (Å²) in [5, 5.41) is 4.16. The number of likely N-dealkylation sites (tertiary alicyclic amines) is 1. The summed E-state index contributed by atoms with van der Waals surface area (Å²) >= 11 is 13.8. The number of nitrogens with two attached hydrogens (primary N) is 1. The van der Waals surface area contributed by atoms with Gasteiger partial charge < -0.3 is 20.7 Å². The lowest BCUT2D eigenvalue weighted by Crippen LogP contribution is -2.38. The third-order valence-corrected chi connectivity index (χ3v) is 7.53. The Labute approximate surface area is 212 Å². The number of amides is 1. The van der Waals surface area contributed by atoms with Crippen molar-refractivity contribution in [1.82, 2.24) is 10.2 Å². The van der Waals surface area contributed by atoms with Crippen LogP contribution in [0.4, 0.5) is 10.5 Å². The molecule has 1 saturated heterocycles. The molecule has 3 N–H and O–H groups in total. The van der Waals surface area contributed by atoms with Gasteiger partial charge in [-0.1, -0.05) is 31.0 Å². The monoisotopic (exact) mass is 585 g/mol. The van der Waals surface area contributed by atoms with Crippen LogP contribution >= 0.6 is 43.5 Å². The molecule has 1 fully saturated rings. The first kappa shape index (κ1) is 25.2. The van der Waals surface area contributed by atoms with E-state index in [0.29, 0.717) is 30.4 Å². The van der Waals surface area contributed by atoms with Crippen LogP contribution in [0.3, 0.4) is 0 Å². The molecule has 1 atom stereocenters. The van der Waals surface area contributed by atoms with Gasteiger partial charge in [-0.2, -0.15) is 0 Å².